The first-order valence-corrected chi connectivity index (χ1v) is 5.66. The van der Waals surface area contributed by atoms with Crippen LogP contribution >= 0.6 is 0 Å². The molecule has 2 atom stereocenters. The summed E-state index contributed by atoms with van der Waals surface area (Å²) in [5.41, 5.74) is 0. The number of methoxy groups -OCH3 is 1. The number of aliphatic carboxylic acids is 1. The topological polar surface area (TPSA) is 75.6 Å². The van der Waals surface area contributed by atoms with E-state index in [-0.39, 0.29) is 11.8 Å². The smallest absolute Gasteiger partial charge is 0.307 e. The van der Waals surface area contributed by atoms with Gasteiger partial charge in [-0.15, -0.1) is 0 Å². The summed E-state index contributed by atoms with van der Waals surface area (Å²) in [6.45, 7) is 0.897. The number of ether oxygens (including phenoxy) is 1. The van der Waals surface area contributed by atoms with Crippen LogP contribution in [0.4, 0.5) is 0 Å². The third kappa shape index (κ3) is 3.48. The van der Waals surface area contributed by atoms with E-state index >= 15 is 0 Å². The summed E-state index contributed by atoms with van der Waals surface area (Å²) in [5, 5.41) is 11.7. The molecule has 0 aromatic rings. The minimum absolute atomic E-state index is 0.149. The summed E-state index contributed by atoms with van der Waals surface area (Å²) in [6, 6.07) is 0. The van der Waals surface area contributed by atoms with E-state index in [4.69, 9.17) is 9.84 Å². The standard InChI is InChI=1S/C11H19NO4/c1-16-7-6-12-10(13)8-4-2-3-5-9(8)11(14)15/h8-9H,2-7H2,1H3,(H,12,13)(H,14,15)/t8-,9+/m0/s1. The lowest BCUT2D eigenvalue weighted by molar-refractivity contribution is -0.148. The van der Waals surface area contributed by atoms with E-state index in [1.807, 2.05) is 0 Å². The number of hydrogen-bond donors (Lipinski definition) is 2. The normalized spacial score (nSPS) is 25.1. The fourth-order valence-corrected chi connectivity index (χ4v) is 2.15. The highest BCUT2D eigenvalue weighted by Gasteiger charge is 2.35. The predicted molar refractivity (Wildman–Crippen MR) is 58.0 cm³/mol. The Morgan fingerprint density at radius 2 is 1.94 bits per heavy atom. The molecule has 16 heavy (non-hydrogen) atoms. The van der Waals surface area contributed by atoms with Crippen molar-refractivity contribution in [1.82, 2.24) is 5.32 Å². The molecule has 1 amide bonds. The predicted octanol–water partition coefficient (Wildman–Crippen LogP) is 0.640. The molecule has 1 saturated carbocycles. The van der Waals surface area contributed by atoms with Gasteiger partial charge in [-0.2, -0.15) is 0 Å². The van der Waals surface area contributed by atoms with Gasteiger partial charge in [0.05, 0.1) is 18.4 Å². The Morgan fingerprint density at radius 1 is 1.31 bits per heavy atom. The Bertz CT molecular complexity index is 254. The number of nitrogens with one attached hydrogen (secondary N) is 1. The van der Waals surface area contributed by atoms with Gasteiger partial charge in [-0.3, -0.25) is 9.59 Å². The van der Waals surface area contributed by atoms with Crippen molar-refractivity contribution in [1.29, 1.82) is 0 Å². The first-order valence-electron chi connectivity index (χ1n) is 5.66. The van der Waals surface area contributed by atoms with Gasteiger partial charge in [0.25, 0.3) is 0 Å². The lowest BCUT2D eigenvalue weighted by Crippen LogP contribution is -2.40. The molecule has 5 nitrogen and oxygen atoms in total. The van der Waals surface area contributed by atoms with Gasteiger partial charge in [0.2, 0.25) is 5.91 Å². The van der Waals surface area contributed by atoms with E-state index in [0.29, 0.717) is 26.0 Å². The Hall–Kier alpha value is -1.10. The average Bonchev–Trinajstić information content (AvgIpc) is 2.29. The minimum Gasteiger partial charge on any atom is -0.481 e. The van der Waals surface area contributed by atoms with Gasteiger partial charge in [-0.05, 0) is 12.8 Å². The third-order valence-electron chi connectivity index (χ3n) is 3.03. The molecular formula is C11H19NO4. The van der Waals surface area contributed by atoms with E-state index in [1.165, 1.54) is 0 Å². The van der Waals surface area contributed by atoms with Gasteiger partial charge >= 0.3 is 5.97 Å². The molecule has 1 aliphatic rings. The maximum absolute atomic E-state index is 11.8. The molecule has 0 heterocycles. The van der Waals surface area contributed by atoms with Crippen LogP contribution in [-0.2, 0) is 14.3 Å². The first kappa shape index (κ1) is 13.0. The quantitative estimate of drug-likeness (QED) is 0.678. The van der Waals surface area contributed by atoms with Crippen molar-refractivity contribution in [2.24, 2.45) is 11.8 Å². The van der Waals surface area contributed by atoms with E-state index < -0.39 is 11.9 Å². The van der Waals surface area contributed by atoms with E-state index in [2.05, 4.69) is 5.32 Å². The number of amides is 1. The molecule has 0 aliphatic heterocycles. The second-order valence-corrected chi connectivity index (χ2v) is 4.12. The number of carboxylic acid groups (broad SMARTS) is 1. The van der Waals surface area contributed by atoms with Gasteiger partial charge in [0, 0.05) is 13.7 Å². The zero-order valence-electron chi connectivity index (χ0n) is 9.57. The van der Waals surface area contributed by atoms with E-state index in [1.54, 1.807) is 7.11 Å². The Labute approximate surface area is 95.2 Å². The molecule has 92 valence electrons. The van der Waals surface area contributed by atoms with Crippen LogP contribution in [0.1, 0.15) is 25.7 Å². The van der Waals surface area contributed by atoms with Crippen LogP contribution in [-0.4, -0.2) is 37.2 Å². The minimum atomic E-state index is -0.855. The van der Waals surface area contributed by atoms with Crippen LogP contribution in [0.25, 0.3) is 0 Å². The molecule has 0 radical (unpaired) electrons. The number of carboxylic acids is 1. The van der Waals surface area contributed by atoms with Crippen molar-refractivity contribution in [3.63, 3.8) is 0 Å². The third-order valence-corrected chi connectivity index (χ3v) is 3.03. The highest BCUT2D eigenvalue weighted by atomic mass is 16.5. The fourth-order valence-electron chi connectivity index (χ4n) is 2.15. The van der Waals surface area contributed by atoms with Crippen LogP contribution in [0, 0.1) is 11.8 Å². The van der Waals surface area contributed by atoms with Gasteiger partial charge < -0.3 is 15.2 Å². The first-order chi connectivity index (χ1) is 7.66. The Balaban J connectivity index is 2.47. The van der Waals surface area contributed by atoms with Crippen molar-refractivity contribution in [2.75, 3.05) is 20.3 Å². The summed E-state index contributed by atoms with van der Waals surface area (Å²) in [5.74, 6) is -1.89. The van der Waals surface area contributed by atoms with Crippen molar-refractivity contribution in [3.05, 3.63) is 0 Å². The highest BCUT2D eigenvalue weighted by Crippen LogP contribution is 2.30. The monoisotopic (exact) mass is 229 g/mol. The molecule has 1 rings (SSSR count). The van der Waals surface area contributed by atoms with Crippen LogP contribution in [0.2, 0.25) is 0 Å². The van der Waals surface area contributed by atoms with Crippen LogP contribution in [0.15, 0.2) is 0 Å². The second-order valence-electron chi connectivity index (χ2n) is 4.12. The largest absolute Gasteiger partial charge is 0.481 e. The summed E-state index contributed by atoms with van der Waals surface area (Å²) < 4.78 is 4.82. The SMILES string of the molecule is COCCNC(=O)[C@H]1CCCC[C@H]1C(=O)O. The number of rotatable bonds is 5. The molecule has 0 bridgehead atoms. The summed E-state index contributed by atoms with van der Waals surface area (Å²) >= 11 is 0. The van der Waals surface area contributed by atoms with Crippen LogP contribution in [0.5, 0.6) is 0 Å². The molecular weight excluding hydrogens is 210 g/mol. The van der Waals surface area contributed by atoms with Crippen molar-refractivity contribution in [3.8, 4) is 0 Å². The second kappa shape index (κ2) is 6.48. The Kier molecular flexibility index (Phi) is 5.25. The summed E-state index contributed by atoms with van der Waals surface area (Å²) in [4.78, 5) is 22.8. The molecule has 2 N–H and O–H groups in total. The lowest BCUT2D eigenvalue weighted by Gasteiger charge is -2.27. The molecule has 1 fully saturated rings. The molecule has 0 unspecified atom stereocenters. The lowest BCUT2D eigenvalue weighted by atomic mass is 9.79. The highest BCUT2D eigenvalue weighted by molar-refractivity contribution is 5.84. The molecule has 1 aliphatic carbocycles. The van der Waals surface area contributed by atoms with Crippen molar-refractivity contribution < 1.29 is 19.4 Å². The zero-order chi connectivity index (χ0) is 12.0. The van der Waals surface area contributed by atoms with Crippen LogP contribution in [0.3, 0.4) is 0 Å². The molecule has 0 saturated heterocycles. The van der Waals surface area contributed by atoms with Gasteiger partial charge in [-0.25, -0.2) is 0 Å². The van der Waals surface area contributed by atoms with Crippen molar-refractivity contribution >= 4 is 11.9 Å². The number of hydrogen-bond acceptors (Lipinski definition) is 3. The maximum Gasteiger partial charge on any atom is 0.307 e. The molecule has 0 spiro atoms. The Morgan fingerprint density at radius 3 is 2.50 bits per heavy atom. The molecule has 0 aromatic heterocycles. The van der Waals surface area contributed by atoms with Gasteiger partial charge in [0.15, 0.2) is 0 Å². The zero-order valence-corrected chi connectivity index (χ0v) is 9.57. The number of carbonyl (C=O) groups is 2. The average molecular weight is 229 g/mol. The molecule has 0 aromatic carbocycles. The van der Waals surface area contributed by atoms with E-state index in [0.717, 1.165) is 12.8 Å². The van der Waals surface area contributed by atoms with E-state index in [9.17, 15) is 9.59 Å². The van der Waals surface area contributed by atoms with Gasteiger partial charge in [0.1, 0.15) is 0 Å². The van der Waals surface area contributed by atoms with Gasteiger partial charge in [-0.1, -0.05) is 12.8 Å². The fraction of sp³-hybridized carbons (Fsp3) is 0.818. The van der Waals surface area contributed by atoms with Crippen LogP contribution < -0.4 is 5.32 Å². The summed E-state index contributed by atoms with van der Waals surface area (Å²) in [7, 11) is 1.56. The summed E-state index contributed by atoms with van der Waals surface area (Å²) in [6.07, 6.45) is 3.12. The van der Waals surface area contributed by atoms with Crippen molar-refractivity contribution in [2.45, 2.75) is 25.7 Å². The number of carbonyl (C=O) groups excluding carboxylic acids is 1. The molecule has 5 heteroatoms. The maximum atomic E-state index is 11.8.